The third kappa shape index (κ3) is 5.11. The van der Waals surface area contributed by atoms with Crippen LogP contribution < -0.4 is 0 Å². The highest BCUT2D eigenvalue weighted by Gasteiger charge is 2.44. The minimum Gasteiger partial charge on any atom is -0.340 e. The van der Waals surface area contributed by atoms with Crippen LogP contribution in [0, 0.1) is 17.8 Å². The van der Waals surface area contributed by atoms with E-state index in [4.69, 9.17) is 0 Å². The van der Waals surface area contributed by atoms with Gasteiger partial charge in [-0.05, 0) is 38.0 Å². The Morgan fingerprint density at radius 3 is 2.20 bits per heavy atom. The number of carbonyl (C=O) groups is 1. The fraction of sp³-hybridized carbons (Fsp3) is 0.947. The maximum absolute atomic E-state index is 13.0. The maximum Gasteiger partial charge on any atom is 0.391 e. The van der Waals surface area contributed by atoms with E-state index in [2.05, 4.69) is 4.90 Å². The Morgan fingerprint density at radius 2 is 1.56 bits per heavy atom. The summed E-state index contributed by atoms with van der Waals surface area (Å²) >= 11 is 0. The van der Waals surface area contributed by atoms with Crippen LogP contribution in [0.5, 0.6) is 0 Å². The highest BCUT2D eigenvalue weighted by Crippen LogP contribution is 2.40. The molecule has 0 N–H and O–H groups in total. The largest absolute Gasteiger partial charge is 0.391 e. The number of nitrogens with zero attached hydrogens (tertiary/aromatic N) is 2. The molecule has 2 atom stereocenters. The zero-order valence-corrected chi connectivity index (χ0v) is 15.1. The second-order valence-electron chi connectivity index (χ2n) is 8.23. The number of rotatable bonds is 3. The van der Waals surface area contributed by atoms with Crippen LogP contribution in [0.25, 0.3) is 0 Å². The fourth-order valence-corrected chi connectivity index (χ4v) is 4.86. The smallest absolute Gasteiger partial charge is 0.340 e. The number of carbonyl (C=O) groups excluding carboxylic acids is 1. The maximum atomic E-state index is 13.0. The van der Waals surface area contributed by atoms with Gasteiger partial charge in [0.15, 0.2) is 0 Å². The summed E-state index contributed by atoms with van der Waals surface area (Å²) in [7, 11) is 0. The molecule has 0 spiro atoms. The summed E-state index contributed by atoms with van der Waals surface area (Å²) in [6, 6.07) is 0. The summed E-state index contributed by atoms with van der Waals surface area (Å²) in [5.74, 6) is -0.957. The third-order valence-electron chi connectivity index (χ3n) is 6.41. The molecule has 144 valence electrons. The van der Waals surface area contributed by atoms with E-state index in [9.17, 15) is 18.0 Å². The number of hydrogen-bond donors (Lipinski definition) is 0. The van der Waals surface area contributed by atoms with E-state index in [0.29, 0.717) is 25.9 Å². The van der Waals surface area contributed by atoms with Gasteiger partial charge in [-0.15, -0.1) is 0 Å². The van der Waals surface area contributed by atoms with Crippen molar-refractivity contribution in [2.24, 2.45) is 17.8 Å². The second kappa shape index (κ2) is 8.28. The Morgan fingerprint density at radius 1 is 0.880 bits per heavy atom. The molecule has 6 heteroatoms. The van der Waals surface area contributed by atoms with Gasteiger partial charge in [0.05, 0.1) is 5.92 Å². The quantitative estimate of drug-likeness (QED) is 0.757. The summed E-state index contributed by atoms with van der Waals surface area (Å²) in [4.78, 5) is 16.9. The Kier molecular flexibility index (Phi) is 6.29. The van der Waals surface area contributed by atoms with Gasteiger partial charge in [-0.25, -0.2) is 0 Å². The van der Waals surface area contributed by atoms with Gasteiger partial charge in [0, 0.05) is 38.6 Å². The van der Waals surface area contributed by atoms with E-state index in [1.54, 1.807) is 0 Å². The number of halogens is 3. The van der Waals surface area contributed by atoms with Crippen LogP contribution in [-0.2, 0) is 4.79 Å². The van der Waals surface area contributed by atoms with Crippen LogP contribution in [-0.4, -0.2) is 54.6 Å². The Hall–Kier alpha value is -0.780. The van der Waals surface area contributed by atoms with Crippen LogP contribution in [0.15, 0.2) is 0 Å². The van der Waals surface area contributed by atoms with Crippen molar-refractivity contribution in [2.45, 2.75) is 64.0 Å². The second-order valence-corrected chi connectivity index (χ2v) is 8.23. The van der Waals surface area contributed by atoms with Crippen LogP contribution in [0.1, 0.15) is 57.8 Å². The monoisotopic (exact) mass is 360 g/mol. The summed E-state index contributed by atoms with van der Waals surface area (Å²) in [5, 5.41) is 0. The molecule has 1 saturated heterocycles. The molecular weight excluding hydrogens is 329 g/mol. The zero-order valence-electron chi connectivity index (χ0n) is 15.1. The Balaban J connectivity index is 1.44. The molecule has 1 heterocycles. The third-order valence-corrected chi connectivity index (χ3v) is 6.41. The topological polar surface area (TPSA) is 23.6 Å². The summed E-state index contributed by atoms with van der Waals surface area (Å²) < 4.78 is 38.9. The molecule has 0 aromatic carbocycles. The molecule has 3 rings (SSSR count). The van der Waals surface area contributed by atoms with Crippen molar-refractivity contribution < 1.29 is 18.0 Å². The SMILES string of the molecule is O=C(C1CCCC(C(F)(F)F)C1)N1CCN(CC2CCCCC2)CC1. The number of alkyl halides is 3. The normalized spacial score (nSPS) is 30.4. The van der Waals surface area contributed by atoms with Gasteiger partial charge in [0.1, 0.15) is 0 Å². The lowest BCUT2D eigenvalue weighted by Gasteiger charge is -2.39. The van der Waals surface area contributed by atoms with Gasteiger partial charge in [0.25, 0.3) is 0 Å². The molecule has 2 aliphatic carbocycles. The Bertz CT molecular complexity index is 440. The van der Waals surface area contributed by atoms with Crippen molar-refractivity contribution in [1.82, 2.24) is 9.80 Å². The molecule has 25 heavy (non-hydrogen) atoms. The van der Waals surface area contributed by atoms with E-state index in [-0.39, 0.29) is 18.7 Å². The molecule has 3 fully saturated rings. The van der Waals surface area contributed by atoms with Gasteiger partial charge in [-0.3, -0.25) is 9.69 Å². The first-order valence-corrected chi connectivity index (χ1v) is 10.0. The lowest BCUT2D eigenvalue weighted by molar-refractivity contribution is -0.187. The van der Waals surface area contributed by atoms with Crippen molar-refractivity contribution >= 4 is 5.91 Å². The van der Waals surface area contributed by atoms with Crippen molar-refractivity contribution in [1.29, 1.82) is 0 Å². The van der Waals surface area contributed by atoms with Crippen molar-refractivity contribution in [2.75, 3.05) is 32.7 Å². The minimum absolute atomic E-state index is 0.00930. The lowest BCUT2D eigenvalue weighted by atomic mass is 9.80. The minimum atomic E-state index is -4.16. The lowest BCUT2D eigenvalue weighted by Crippen LogP contribution is -2.52. The van der Waals surface area contributed by atoms with Crippen LogP contribution in [0.2, 0.25) is 0 Å². The van der Waals surface area contributed by atoms with Crippen molar-refractivity contribution in [3.8, 4) is 0 Å². The van der Waals surface area contributed by atoms with Crippen LogP contribution >= 0.6 is 0 Å². The number of hydrogen-bond acceptors (Lipinski definition) is 2. The van der Waals surface area contributed by atoms with Gasteiger partial charge in [0.2, 0.25) is 5.91 Å². The van der Waals surface area contributed by atoms with E-state index in [0.717, 1.165) is 25.6 Å². The molecule has 0 aromatic heterocycles. The number of amides is 1. The summed E-state index contributed by atoms with van der Waals surface area (Å²) in [5.41, 5.74) is 0. The van der Waals surface area contributed by atoms with Crippen LogP contribution in [0.4, 0.5) is 13.2 Å². The molecule has 1 amide bonds. The predicted octanol–water partition coefficient (Wildman–Crippen LogP) is 4.08. The first-order valence-electron chi connectivity index (χ1n) is 10.0. The van der Waals surface area contributed by atoms with E-state index in [1.807, 2.05) is 4.90 Å². The first kappa shape index (κ1) is 19.0. The highest BCUT2D eigenvalue weighted by atomic mass is 19.4. The molecule has 0 aromatic rings. The van der Waals surface area contributed by atoms with E-state index in [1.165, 1.54) is 32.1 Å². The van der Waals surface area contributed by atoms with Gasteiger partial charge in [-0.1, -0.05) is 25.7 Å². The average molecular weight is 360 g/mol. The van der Waals surface area contributed by atoms with Crippen molar-refractivity contribution in [3.63, 3.8) is 0 Å². The zero-order chi connectivity index (χ0) is 17.9. The summed E-state index contributed by atoms with van der Waals surface area (Å²) in [6.07, 6.45) is 3.83. The molecule has 3 aliphatic rings. The molecule has 0 radical (unpaired) electrons. The molecule has 0 bridgehead atoms. The van der Waals surface area contributed by atoms with E-state index >= 15 is 0 Å². The Labute approximate surface area is 148 Å². The molecule has 3 nitrogen and oxygen atoms in total. The molecule has 2 saturated carbocycles. The average Bonchev–Trinajstić information content (AvgIpc) is 2.62. The highest BCUT2D eigenvalue weighted by molar-refractivity contribution is 5.79. The standard InChI is InChI=1S/C19H31F3N2O/c20-19(21,22)17-8-4-7-16(13-17)18(25)24-11-9-23(10-12-24)14-15-5-2-1-3-6-15/h15-17H,1-14H2. The molecular formula is C19H31F3N2O. The van der Waals surface area contributed by atoms with Gasteiger partial charge in [-0.2, -0.15) is 13.2 Å². The summed E-state index contributed by atoms with van der Waals surface area (Å²) in [6.45, 7) is 4.23. The number of piperazine rings is 1. The molecule has 2 unspecified atom stereocenters. The fourth-order valence-electron chi connectivity index (χ4n) is 4.86. The van der Waals surface area contributed by atoms with Gasteiger partial charge < -0.3 is 4.90 Å². The van der Waals surface area contributed by atoms with E-state index < -0.39 is 18.0 Å². The first-order chi connectivity index (χ1) is 11.9. The van der Waals surface area contributed by atoms with Crippen LogP contribution in [0.3, 0.4) is 0 Å². The van der Waals surface area contributed by atoms with Gasteiger partial charge >= 0.3 is 6.18 Å². The predicted molar refractivity (Wildman–Crippen MR) is 91.1 cm³/mol. The van der Waals surface area contributed by atoms with Crippen molar-refractivity contribution in [3.05, 3.63) is 0 Å². The molecule has 1 aliphatic heterocycles.